The molecular weight excluding hydrogens is 402 g/mol. The van der Waals surface area contributed by atoms with Gasteiger partial charge in [-0.1, -0.05) is 32.0 Å². The molecule has 32 heavy (non-hydrogen) atoms. The third-order valence-corrected chi connectivity index (χ3v) is 6.22. The van der Waals surface area contributed by atoms with Crippen molar-refractivity contribution in [1.82, 2.24) is 25.4 Å². The second kappa shape index (κ2) is 9.10. The third kappa shape index (κ3) is 4.52. The topological polar surface area (TPSA) is 91.0 Å². The minimum atomic E-state index is -0.0737. The second-order valence-corrected chi connectivity index (χ2v) is 9.13. The Kier molecular flexibility index (Phi) is 6.26. The minimum absolute atomic E-state index is 0.0737. The van der Waals surface area contributed by atoms with Gasteiger partial charge in [-0.3, -0.25) is 19.7 Å². The lowest BCUT2D eigenvalue weighted by Crippen LogP contribution is -2.30. The number of para-hydroxylation sites is 1. The number of nitrogens with zero attached hydrogens (tertiary/aromatic N) is 3. The molecule has 0 aliphatic carbocycles. The predicted octanol–water partition coefficient (Wildman–Crippen LogP) is 3.52. The molecule has 4 rings (SSSR count). The quantitative estimate of drug-likeness (QED) is 0.622. The summed E-state index contributed by atoms with van der Waals surface area (Å²) in [7, 11) is 0. The molecule has 1 atom stereocenters. The molecule has 0 bridgehead atoms. The number of carbonyl (C=O) groups excluding carboxylic acids is 2. The van der Waals surface area contributed by atoms with Crippen LogP contribution in [0.3, 0.4) is 0 Å². The summed E-state index contributed by atoms with van der Waals surface area (Å²) < 4.78 is 0. The van der Waals surface area contributed by atoms with E-state index in [0.717, 1.165) is 40.0 Å². The number of aromatic amines is 1. The Bertz CT molecular complexity index is 1130. The summed E-state index contributed by atoms with van der Waals surface area (Å²) in [6, 6.07) is 9.67. The van der Waals surface area contributed by atoms with Gasteiger partial charge in [-0.2, -0.15) is 5.10 Å². The molecule has 7 nitrogen and oxygen atoms in total. The van der Waals surface area contributed by atoms with Crippen molar-refractivity contribution in [2.75, 3.05) is 19.6 Å². The Balaban J connectivity index is 1.55. The highest BCUT2D eigenvalue weighted by Gasteiger charge is 2.30. The van der Waals surface area contributed by atoms with Gasteiger partial charge in [0, 0.05) is 47.9 Å². The first-order valence-corrected chi connectivity index (χ1v) is 11.3. The van der Waals surface area contributed by atoms with Gasteiger partial charge in [0.15, 0.2) is 0 Å². The highest BCUT2D eigenvalue weighted by molar-refractivity contribution is 6.06. The van der Waals surface area contributed by atoms with Gasteiger partial charge in [-0.05, 0) is 38.3 Å². The van der Waals surface area contributed by atoms with Crippen LogP contribution in [0.15, 0.2) is 30.3 Å². The summed E-state index contributed by atoms with van der Waals surface area (Å²) in [5, 5.41) is 11.0. The lowest BCUT2D eigenvalue weighted by molar-refractivity contribution is -0.129. The van der Waals surface area contributed by atoms with E-state index in [0.29, 0.717) is 37.5 Å². The van der Waals surface area contributed by atoms with E-state index in [1.165, 1.54) is 0 Å². The lowest BCUT2D eigenvalue weighted by atomic mass is 9.99. The number of amides is 2. The maximum absolute atomic E-state index is 12.9. The van der Waals surface area contributed by atoms with Crippen LogP contribution in [0, 0.1) is 19.8 Å². The fourth-order valence-electron chi connectivity index (χ4n) is 4.31. The largest absolute Gasteiger partial charge is 0.352 e. The molecule has 0 saturated carbocycles. The molecule has 1 aliphatic rings. The van der Waals surface area contributed by atoms with Crippen molar-refractivity contribution >= 4 is 22.7 Å². The molecule has 1 unspecified atom stereocenters. The van der Waals surface area contributed by atoms with Gasteiger partial charge in [0.2, 0.25) is 5.91 Å². The van der Waals surface area contributed by atoms with Crippen LogP contribution < -0.4 is 5.32 Å². The average molecular weight is 434 g/mol. The van der Waals surface area contributed by atoms with Crippen molar-refractivity contribution in [2.24, 2.45) is 5.92 Å². The molecule has 3 aromatic rings. The first-order valence-electron chi connectivity index (χ1n) is 11.3. The van der Waals surface area contributed by atoms with Gasteiger partial charge in [0.1, 0.15) is 0 Å². The monoisotopic (exact) mass is 433 g/mol. The summed E-state index contributed by atoms with van der Waals surface area (Å²) >= 11 is 0. The van der Waals surface area contributed by atoms with E-state index in [4.69, 9.17) is 4.98 Å². The van der Waals surface area contributed by atoms with Crippen molar-refractivity contribution in [3.63, 3.8) is 0 Å². The van der Waals surface area contributed by atoms with Crippen LogP contribution in [0.2, 0.25) is 0 Å². The van der Waals surface area contributed by atoms with Crippen LogP contribution in [0.25, 0.3) is 10.9 Å². The van der Waals surface area contributed by atoms with Gasteiger partial charge in [-0.15, -0.1) is 0 Å². The van der Waals surface area contributed by atoms with E-state index in [1.807, 2.05) is 49.1 Å². The number of fused-ring (bicyclic) bond motifs is 1. The number of hydrogen-bond donors (Lipinski definition) is 2. The highest BCUT2D eigenvalue weighted by Crippen LogP contribution is 2.30. The van der Waals surface area contributed by atoms with Crippen LogP contribution in [0.4, 0.5) is 0 Å². The van der Waals surface area contributed by atoms with Crippen LogP contribution in [0.5, 0.6) is 0 Å². The summed E-state index contributed by atoms with van der Waals surface area (Å²) in [4.78, 5) is 32.6. The minimum Gasteiger partial charge on any atom is -0.352 e. The Labute approximate surface area is 188 Å². The Hall–Kier alpha value is -3.22. The molecule has 7 heteroatoms. The normalized spacial score (nSPS) is 16.2. The SMILES string of the molecule is Cc1n[nH]c(C)c1CC(=O)N1CCC(c2cc(C(=O)NCC(C)C)c3ccccc3n2)C1. The molecular formula is C25H31N5O2. The zero-order chi connectivity index (χ0) is 22.8. The molecule has 1 aromatic carbocycles. The molecule has 3 heterocycles. The van der Waals surface area contributed by atoms with E-state index in [-0.39, 0.29) is 17.7 Å². The maximum Gasteiger partial charge on any atom is 0.252 e. The Morgan fingerprint density at radius 3 is 2.75 bits per heavy atom. The smallest absolute Gasteiger partial charge is 0.252 e. The fourth-order valence-corrected chi connectivity index (χ4v) is 4.31. The zero-order valence-corrected chi connectivity index (χ0v) is 19.2. The number of benzene rings is 1. The van der Waals surface area contributed by atoms with Gasteiger partial charge in [0.05, 0.1) is 23.2 Å². The van der Waals surface area contributed by atoms with E-state index in [9.17, 15) is 9.59 Å². The molecule has 2 aromatic heterocycles. The Morgan fingerprint density at radius 2 is 2.03 bits per heavy atom. The number of hydrogen-bond acceptors (Lipinski definition) is 4. The number of likely N-dealkylation sites (tertiary alicyclic amines) is 1. The summed E-state index contributed by atoms with van der Waals surface area (Å²) in [5.41, 5.74) is 5.14. The van der Waals surface area contributed by atoms with Crippen LogP contribution in [0.1, 0.15) is 59.2 Å². The molecule has 168 valence electrons. The molecule has 2 N–H and O–H groups in total. The lowest BCUT2D eigenvalue weighted by Gasteiger charge is -2.17. The van der Waals surface area contributed by atoms with Crippen LogP contribution in [-0.2, 0) is 11.2 Å². The first-order chi connectivity index (χ1) is 15.3. The van der Waals surface area contributed by atoms with E-state index >= 15 is 0 Å². The fraction of sp³-hybridized carbons (Fsp3) is 0.440. The second-order valence-electron chi connectivity index (χ2n) is 9.13. The zero-order valence-electron chi connectivity index (χ0n) is 19.2. The van der Waals surface area contributed by atoms with Gasteiger partial charge >= 0.3 is 0 Å². The van der Waals surface area contributed by atoms with Crippen LogP contribution in [-0.4, -0.2) is 51.5 Å². The predicted molar refractivity (Wildman–Crippen MR) is 125 cm³/mol. The van der Waals surface area contributed by atoms with Crippen molar-refractivity contribution in [3.05, 3.63) is 58.5 Å². The van der Waals surface area contributed by atoms with E-state index in [2.05, 4.69) is 29.4 Å². The van der Waals surface area contributed by atoms with Crippen molar-refractivity contribution < 1.29 is 9.59 Å². The summed E-state index contributed by atoms with van der Waals surface area (Å²) in [5.74, 6) is 0.529. The number of aryl methyl sites for hydroxylation is 2. The van der Waals surface area contributed by atoms with Gasteiger partial charge in [0.25, 0.3) is 5.91 Å². The van der Waals surface area contributed by atoms with E-state index in [1.54, 1.807) is 0 Å². The van der Waals surface area contributed by atoms with E-state index < -0.39 is 0 Å². The number of pyridine rings is 1. The summed E-state index contributed by atoms with van der Waals surface area (Å²) in [6.45, 7) is 9.96. The van der Waals surface area contributed by atoms with Crippen molar-refractivity contribution in [3.8, 4) is 0 Å². The molecule has 1 aliphatic heterocycles. The Morgan fingerprint density at radius 1 is 1.25 bits per heavy atom. The van der Waals surface area contributed by atoms with Gasteiger partial charge in [-0.25, -0.2) is 0 Å². The first kappa shape index (κ1) is 22.0. The average Bonchev–Trinajstić information content (AvgIpc) is 3.39. The number of aromatic nitrogens is 3. The molecule has 0 radical (unpaired) electrons. The summed E-state index contributed by atoms with van der Waals surface area (Å²) in [6.07, 6.45) is 1.20. The number of rotatable bonds is 6. The van der Waals surface area contributed by atoms with Gasteiger partial charge < -0.3 is 10.2 Å². The highest BCUT2D eigenvalue weighted by atomic mass is 16.2. The molecule has 0 spiro atoms. The molecule has 2 amide bonds. The van der Waals surface area contributed by atoms with Crippen LogP contribution >= 0.6 is 0 Å². The van der Waals surface area contributed by atoms with Crippen molar-refractivity contribution in [1.29, 1.82) is 0 Å². The third-order valence-electron chi connectivity index (χ3n) is 6.22. The van der Waals surface area contributed by atoms with Crippen molar-refractivity contribution in [2.45, 2.75) is 46.5 Å². The number of H-pyrrole nitrogens is 1. The standard InChI is InChI=1S/C25H31N5O2/c1-15(2)13-26-25(32)21-11-23(27-22-8-6-5-7-19(21)22)18-9-10-30(14-18)24(31)12-20-16(3)28-29-17(20)4/h5-8,11,15,18H,9-10,12-14H2,1-4H3,(H,26,32)(H,28,29). The number of nitrogens with one attached hydrogen (secondary N) is 2. The molecule has 1 fully saturated rings. The maximum atomic E-state index is 12.9. The molecule has 1 saturated heterocycles. The number of carbonyl (C=O) groups is 2.